The van der Waals surface area contributed by atoms with Gasteiger partial charge in [-0.2, -0.15) is 0 Å². The molecule has 0 fully saturated rings. The summed E-state index contributed by atoms with van der Waals surface area (Å²) in [6.45, 7) is 0. The SMILES string of the molecule is [2H]c1cc([2H])c2c(c1[2H])c1c([2H])c([2H])c([2H])c([2H])c1n2-c1ccccc1-c1nc(-c2cccc(-c3c([2H])c([2H])c([2H])c4c3oc3c([2H])c([2H])c([2H])c([2H])c34)c2)nc(-c2ccc3ncccc3c2)n1. The number of aromatic nitrogens is 5. The van der Waals surface area contributed by atoms with Crippen molar-refractivity contribution in [2.45, 2.75) is 0 Å². The lowest BCUT2D eigenvalue weighted by Crippen LogP contribution is -2.03. The van der Waals surface area contributed by atoms with Gasteiger partial charge in [0.2, 0.25) is 0 Å². The molecule has 0 saturated heterocycles. The van der Waals surface area contributed by atoms with Gasteiger partial charge in [-0.15, -0.1) is 0 Å². The molecule has 0 saturated carbocycles. The van der Waals surface area contributed by atoms with Crippen LogP contribution in [-0.4, -0.2) is 24.5 Å². The average Bonchev–Trinajstić information content (AvgIpc) is 3.93. The molecule has 4 aromatic heterocycles. The third-order valence-electron chi connectivity index (χ3n) is 9.31. The molecule has 7 aromatic carbocycles. The van der Waals surface area contributed by atoms with E-state index >= 15 is 0 Å². The molecule has 0 aliphatic rings. The van der Waals surface area contributed by atoms with Crippen molar-refractivity contribution in [3.8, 4) is 51.0 Å². The molecule has 0 amide bonds. The van der Waals surface area contributed by atoms with Crippen molar-refractivity contribution in [1.29, 1.82) is 0 Å². The van der Waals surface area contributed by atoms with Gasteiger partial charge < -0.3 is 8.98 Å². The standard InChI is InChI=1S/C48H29N5O/c1-5-21-41-35(15-1)36-16-2-6-22-42(36)53(41)43-23-7-3-18-39(43)48-51-46(50-47(52-48)33-25-26-40-31(29-33)14-11-27-49-40)32-13-9-12-30(28-32)34-19-10-20-38-37-17-4-8-24-44(37)54-45(34)38/h1-29H/i1D,2D,4D,5D,8D,10D,15D,16D,17D,19D,20D,21D,22D,24D. The summed E-state index contributed by atoms with van der Waals surface area (Å²) in [6, 6.07) is 17.9. The Balaban J connectivity index is 1.19. The minimum absolute atomic E-state index is 0.0118. The number of benzene rings is 7. The van der Waals surface area contributed by atoms with Gasteiger partial charge in [0.15, 0.2) is 17.5 Å². The molecule has 252 valence electrons. The third-order valence-corrected chi connectivity index (χ3v) is 9.31. The maximum absolute atomic E-state index is 9.12. The molecule has 6 heteroatoms. The summed E-state index contributed by atoms with van der Waals surface area (Å²) < 4.78 is 130. The Bertz CT molecular complexity index is 4060. The second-order valence-corrected chi connectivity index (χ2v) is 12.4. The van der Waals surface area contributed by atoms with Crippen LogP contribution in [0.2, 0.25) is 0 Å². The van der Waals surface area contributed by atoms with Crippen LogP contribution in [-0.2, 0) is 0 Å². The number of para-hydroxylation sites is 5. The van der Waals surface area contributed by atoms with Crippen molar-refractivity contribution in [3.05, 3.63) is 176 Å². The lowest BCUT2D eigenvalue weighted by atomic mass is 10.00. The van der Waals surface area contributed by atoms with Gasteiger partial charge in [0.1, 0.15) is 11.2 Å². The lowest BCUT2D eigenvalue weighted by Gasteiger charge is -2.15. The van der Waals surface area contributed by atoms with Crippen LogP contribution in [0.15, 0.2) is 180 Å². The predicted molar refractivity (Wildman–Crippen MR) is 218 cm³/mol. The van der Waals surface area contributed by atoms with Crippen molar-refractivity contribution >= 4 is 54.6 Å². The van der Waals surface area contributed by atoms with Crippen molar-refractivity contribution in [3.63, 3.8) is 0 Å². The Hall–Kier alpha value is -7.44. The number of nitrogens with zero attached hydrogens (tertiary/aromatic N) is 5. The van der Waals surface area contributed by atoms with Gasteiger partial charge in [-0.3, -0.25) is 4.98 Å². The Kier molecular flexibility index (Phi) is 4.34. The molecule has 11 aromatic rings. The van der Waals surface area contributed by atoms with E-state index in [2.05, 4.69) is 4.98 Å². The van der Waals surface area contributed by atoms with Crippen LogP contribution in [0, 0.1) is 0 Å². The average molecular weight is 706 g/mol. The first kappa shape index (κ1) is 19.4. The molecule has 54 heavy (non-hydrogen) atoms. The van der Waals surface area contributed by atoms with E-state index in [1.807, 2.05) is 18.2 Å². The van der Waals surface area contributed by atoms with E-state index in [9.17, 15) is 0 Å². The van der Waals surface area contributed by atoms with Crippen LogP contribution in [0.3, 0.4) is 0 Å². The highest BCUT2D eigenvalue weighted by Gasteiger charge is 2.20. The predicted octanol–water partition coefficient (Wildman–Crippen LogP) is 12.1. The lowest BCUT2D eigenvalue weighted by molar-refractivity contribution is 0.670. The van der Waals surface area contributed by atoms with Crippen molar-refractivity contribution < 1.29 is 23.6 Å². The molecule has 0 unspecified atom stereocenters. The number of fused-ring (bicyclic) bond motifs is 7. The third kappa shape index (κ3) is 4.81. The maximum atomic E-state index is 9.12. The number of furan rings is 1. The molecule has 11 rings (SSSR count). The van der Waals surface area contributed by atoms with E-state index in [4.69, 9.17) is 38.6 Å². The summed E-state index contributed by atoms with van der Waals surface area (Å²) in [5, 5.41) is 0.669. The zero-order valence-electron chi connectivity index (χ0n) is 41.8. The molecule has 0 spiro atoms. The van der Waals surface area contributed by atoms with E-state index < -0.39 is 60.4 Å². The second-order valence-electron chi connectivity index (χ2n) is 12.4. The zero-order chi connectivity index (χ0) is 47.8. The molecule has 0 aliphatic carbocycles. The highest BCUT2D eigenvalue weighted by Crippen LogP contribution is 2.39. The molecular weight excluding hydrogens is 663 g/mol. The Labute approximate surface area is 329 Å². The van der Waals surface area contributed by atoms with Crippen LogP contribution in [0.25, 0.3) is 106 Å². The van der Waals surface area contributed by atoms with Gasteiger partial charge in [-0.25, -0.2) is 15.0 Å². The summed E-state index contributed by atoms with van der Waals surface area (Å²) in [5.41, 5.74) is 2.48. The monoisotopic (exact) mass is 705 g/mol. The second kappa shape index (κ2) is 12.1. The minimum Gasteiger partial charge on any atom is -0.455 e. The number of rotatable bonds is 5. The van der Waals surface area contributed by atoms with E-state index in [-0.39, 0.29) is 91.0 Å². The zero-order valence-corrected chi connectivity index (χ0v) is 27.8. The summed E-state index contributed by atoms with van der Waals surface area (Å²) in [5.74, 6) is 0.435. The first-order valence-corrected chi connectivity index (χ1v) is 16.8. The molecule has 4 heterocycles. The van der Waals surface area contributed by atoms with Gasteiger partial charge in [0.25, 0.3) is 0 Å². The largest absolute Gasteiger partial charge is 0.455 e. The smallest absolute Gasteiger partial charge is 0.166 e. The van der Waals surface area contributed by atoms with Crippen LogP contribution < -0.4 is 0 Å². The molecule has 0 bridgehead atoms. The number of hydrogen-bond acceptors (Lipinski definition) is 5. The summed E-state index contributed by atoms with van der Waals surface area (Å²) in [7, 11) is 0. The van der Waals surface area contributed by atoms with Crippen LogP contribution in [0.1, 0.15) is 19.2 Å². The van der Waals surface area contributed by atoms with Crippen molar-refractivity contribution in [1.82, 2.24) is 24.5 Å². The first-order valence-electron chi connectivity index (χ1n) is 23.8. The van der Waals surface area contributed by atoms with Crippen molar-refractivity contribution in [2.24, 2.45) is 0 Å². The Morgan fingerprint density at radius 2 is 1.24 bits per heavy atom. The van der Waals surface area contributed by atoms with E-state index in [1.54, 1.807) is 66.9 Å². The molecule has 0 N–H and O–H groups in total. The first-order chi connectivity index (χ1) is 32.6. The number of hydrogen-bond donors (Lipinski definition) is 0. The van der Waals surface area contributed by atoms with Crippen LogP contribution >= 0.6 is 0 Å². The number of pyridine rings is 1. The Morgan fingerprint density at radius 3 is 2.17 bits per heavy atom. The van der Waals surface area contributed by atoms with E-state index in [0.717, 1.165) is 10.9 Å². The maximum Gasteiger partial charge on any atom is 0.166 e. The highest BCUT2D eigenvalue weighted by molar-refractivity contribution is 6.10. The molecule has 0 aliphatic heterocycles. The minimum atomic E-state index is -0.537. The van der Waals surface area contributed by atoms with Gasteiger partial charge in [-0.1, -0.05) is 109 Å². The summed E-state index contributed by atoms with van der Waals surface area (Å²) >= 11 is 0. The summed E-state index contributed by atoms with van der Waals surface area (Å²) in [6.07, 6.45) is 1.68. The fourth-order valence-corrected chi connectivity index (χ4v) is 6.88. The molecule has 0 radical (unpaired) electrons. The fourth-order valence-electron chi connectivity index (χ4n) is 6.88. The van der Waals surface area contributed by atoms with Crippen molar-refractivity contribution in [2.75, 3.05) is 0 Å². The fraction of sp³-hybridized carbons (Fsp3) is 0. The van der Waals surface area contributed by atoms with Crippen LogP contribution in [0.4, 0.5) is 0 Å². The normalized spacial score (nSPS) is 15.3. The topological polar surface area (TPSA) is 69.6 Å². The van der Waals surface area contributed by atoms with Gasteiger partial charge in [0.05, 0.1) is 41.4 Å². The highest BCUT2D eigenvalue weighted by atomic mass is 16.3. The van der Waals surface area contributed by atoms with Gasteiger partial charge >= 0.3 is 0 Å². The molecule has 6 nitrogen and oxygen atoms in total. The Morgan fingerprint density at radius 1 is 0.500 bits per heavy atom. The van der Waals surface area contributed by atoms with Crippen LogP contribution in [0.5, 0.6) is 0 Å². The van der Waals surface area contributed by atoms with Gasteiger partial charge in [-0.05, 0) is 66.2 Å². The van der Waals surface area contributed by atoms with E-state index in [1.165, 1.54) is 10.6 Å². The quantitative estimate of drug-likeness (QED) is 0.178. The van der Waals surface area contributed by atoms with Gasteiger partial charge in [0, 0.05) is 55.4 Å². The van der Waals surface area contributed by atoms with E-state index in [0.29, 0.717) is 27.9 Å². The molecule has 0 atom stereocenters. The summed E-state index contributed by atoms with van der Waals surface area (Å²) in [4.78, 5) is 19.4. The molecular formula is C48H29N5O.